The highest BCUT2D eigenvalue weighted by Crippen LogP contribution is 2.37. The summed E-state index contributed by atoms with van der Waals surface area (Å²) in [7, 11) is 1.85. The molecule has 10 heteroatoms. The molecule has 0 aliphatic carbocycles. The predicted octanol–water partition coefficient (Wildman–Crippen LogP) is 6.14. The number of hydrogen-bond acceptors (Lipinski definition) is 7. The van der Waals surface area contributed by atoms with Gasteiger partial charge in [-0.2, -0.15) is 5.10 Å². The number of benzene rings is 2. The Labute approximate surface area is 262 Å². The number of Topliss-reactive ketones (excluding diaryl/α,β-unsaturated/α-hetero) is 1. The molecule has 0 unspecified atom stereocenters. The smallest absolute Gasteiger partial charge is 0.410 e. The largest absolute Gasteiger partial charge is 0.444 e. The molecule has 45 heavy (non-hydrogen) atoms. The molecule has 6 rings (SSSR count). The number of aryl methyl sites for hydroxylation is 1. The number of hydrogen-bond donors (Lipinski definition) is 0. The molecule has 2 aromatic heterocycles. The second kappa shape index (κ2) is 11.9. The zero-order chi connectivity index (χ0) is 31.9. The summed E-state index contributed by atoms with van der Waals surface area (Å²) >= 11 is 0. The first kappa shape index (κ1) is 30.2. The van der Waals surface area contributed by atoms with Crippen LogP contribution in [0.1, 0.15) is 62.2 Å². The van der Waals surface area contributed by atoms with Crippen molar-refractivity contribution in [1.29, 1.82) is 0 Å². The Balaban J connectivity index is 1.42. The minimum atomic E-state index is -0.619. The maximum atomic E-state index is 13.4. The van der Waals surface area contributed by atoms with Crippen molar-refractivity contribution in [2.45, 2.75) is 58.7 Å². The molecule has 2 aliphatic heterocycles. The van der Waals surface area contributed by atoms with Crippen molar-refractivity contribution < 1.29 is 23.9 Å². The molecule has 4 heterocycles. The van der Waals surface area contributed by atoms with E-state index >= 15 is 0 Å². The van der Waals surface area contributed by atoms with E-state index < -0.39 is 5.60 Å². The van der Waals surface area contributed by atoms with Crippen molar-refractivity contribution in [1.82, 2.24) is 19.7 Å². The maximum Gasteiger partial charge on any atom is 0.410 e. The number of carbonyl (C=O) groups is 3. The van der Waals surface area contributed by atoms with Gasteiger partial charge in [0.25, 0.3) is 0 Å². The van der Waals surface area contributed by atoms with Crippen molar-refractivity contribution in [3.05, 3.63) is 83.4 Å². The fourth-order valence-corrected chi connectivity index (χ4v) is 5.96. The van der Waals surface area contributed by atoms with Gasteiger partial charge in [-0.05, 0) is 81.1 Å². The third-order valence-electron chi connectivity index (χ3n) is 7.98. The second-order valence-electron chi connectivity index (χ2n) is 12.5. The lowest BCUT2D eigenvalue weighted by molar-refractivity contribution is -0.116. The lowest BCUT2D eigenvalue weighted by Crippen LogP contribution is -2.45. The lowest BCUT2D eigenvalue weighted by Gasteiger charge is -2.35. The van der Waals surface area contributed by atoms with Crippen LogP contribution >= 0.6 is 0 Å². The number of ketones is 1. The summed E-state index contributed by atoms with van der Waals surface area (Å²) < 4.78 is 13.1. The predicted molar refractivity (Wildman–Crippen MR) is 171 cm³/mol. The van der Waals surface area contributed by atoms with E-state index in [1.54, 1.807) is 35.2 Å². The number of para-hydroxylation sites is 1. The molecule has 4 aromatic rings. The Morgan fingerprint density at radius 1 is 1.09 bits per heavy atom. The molecule has 0 saturated carbocycles. The quantitative estimate of drug-likeness (QED) is 0.251. The van der Waals surface area contributed by atoms with Gasteiger partial charge < -0.3 is 14.4 Å². The number of ether oxygens (including phenoxy) is 2. The van der Waals surface area contributed by atoms with Crippen molar-refractivity contribution >= 4 is 40.4 Å². The van der Waals surface area contributed by atoms with Crippen LogP contribution < -0.4 is 4.90 Å². The average Bonchev–Trinajstić information content (AvgIpc) is 3.55. The summed E-state index contributed by atoms with van der Waals surface area (Å²) in [5.74, 6) is -0.479. The van der Waals surface area contributed by atoms with Crippen LogP contribution in [0.4, 0.5) is 10.5 Å². The van der Waals surface area contributed by atoms with E-state index in [9.17, 15) is 14.4 Å². The molecule has 10 nitrogen and oxygen atoms in total. The topological polar surface area (TPSA) is 107 Å². The van der Waals surface area contributed by atoms with Crippen molar-refractivity contribution in [2.75, 3.05) is 18.1 Å². The minimum Gasteiger partial charge on any atom is -0.444 e. The van der Waals surface area contributed by atoms with E-state index in [4.69, 9.17) is 14.5 Å². The number of fused-ring (bicyclic) bond motifs is 2. The van der Waals surface area contributed by atoms with Gasteiger partial charge in [-0.1, -0.05) is 18.2 Å². The summed E-state index contributed by atoms with van der Waals surface area (Å²) in [5, 5.41) is 5.27. The van der Waals surface area contributed by atoms with Crippen molar-refractivity contribution in [2.24, 2.45) is 7.05 Å². The molecule has 2 aromatic carbocycles. The first-order chi connectivity index (χ1) is 21.5. The van der Waals surface area contributed by atoms with Gasteiger partial charge in [0, 0.05) is 62.5 Å². The fraction of sp³-hybridized carbons (Fsp3) is 0.343. The summed E-state index contributed by atoms with van der Waals surface area (Å²) in [5.41, 5.74) is 4.61. The number of amides is 2. The summed E-state index contributed by atoms with van der Waals surface area (Å²) in [6, 6.07) is 15.0. The molecule has 2 amide bonds. The monoisotopic (exact) mass is 607 g/mol. The van der Waals surface area contributed by atoms with Gasteiger partial charge in [0.2, 0.25) is 11.7 Å². The third-order valence-corrected chi connectivity index (χ3v) is 7.98. The number of nitrogens with zero attached hydrogens (tertiary/aromatic N) is 5. The van der Waals surface area contributed by atoms with Crippen LogP contribution in [0, 0.1) is 0 Å². The molecule has 0 spiro atoms. The number of carbonyl (C=O) groups excluding carboxylic acids is 3. The highest BCUT2D eigenvalue weighted by molar-refractivity contribution is 6.26. The Morgan fingerprint density at radius 3 is 2.53 bits per heavy atom. The Hall–Kier alpha value is -4.83. The first-order valence-corrected chi connectivity index (χ1v) is 15.1. The Bertz CT molecular complexity index is 1830. The highest BCUT2D eigenvalue weighted by Gasteiger charge is 2.35. The third kappa shape index (κ3) is 6.23. The van der Waals surface area contributed by atoms with Crippen molar-refractivity contribution in [3.8, 4) is 11.1 Å². The van der Waals surface area contributed by atoms with Crippen LogP contribution in [0.15, 0.2) is 66.6 Å². The molecular formula is C35H37N5O5. The summed E-state index contributed by atoms with van der Waals surface area (Å²) in [6.07, 6.45) is 6.52. The summed E-state index contributed by atoms with van der Waals surface area (Å²) in [6.45, 7) is 8.63. The number of anilines is 1. The molecule has 0 bridgehead atoms. The van der Waals surface area contributed by atoms with E-state index in [1.807, 2.05) is 63.2 Å². The molecule has 2 aliphatic rings. The zero-order valence-electron chi connectivity index (χ0n) is 26.2. The zero-order valence-corrected chi connectivity index (χ0v) is 26.2. The van der Waals surface area contributed by atoms with E-state index in [1.165, 1.54) is 11.8 Å². The average molecular weight is 608 g/mol. The molecule has 0 radical (unpaired) electrons. The molecule has 0 N–H and O–H groups in total. The normalized spacial score (nSPS) is 16.3. The van der Waals surface area contributed by atoms with Crippen LogP contribution in [-0.2, 0) is 27.9 Å². The SMILES string of the molecule is CC(=O)N1/C(=C\c2cc(-c3cnn(C)c3)c3cc(CN(C(=O)OC(C)(C)C)C4CCOCC4)ccc3n2)C(=O)c2ccccc21. The van der Waals surface area contributed by atoms with Crippen LogP contribution in [0.2, 0.25) is 0 Å². The number of pyridine rings is 1. The number of allylic oxidation sites excluding steroid dienone is 1. The van der Waals surface area contributed by atoms with Crippen LogP contribution in [-0.4, -0.2) is 62.3 Å². The van der Waals surface area contributed by atoms with E-state index in [2.05, 4.69) is 11.2 Å². The maximum absolute atomic E-state index is 13.4. The fourth-order valence-electron chi connectivity index (χ4n) is 5.96. The lowest BCUT2D eigenvalue weighted by atomic mass is 9.99. The van der Waals surface area contributed by atoms with E-state index in [-0.39, 0.29) is 29.5 Å². The number of aromatic nitrogens is 3. The molecule has 1 fully saturated rings. The standard InChI is InChI=1S/C35H37N5O5/c1-22(41)40-31-9-7-6-8-27(31)33(42)32(40)18-25-17-28(24-19-36-38(5)21-24)29-16-23(10-11-30(29)37-25)20-39(26-12-14-44-15-13-26)34(43)45-35(2,3)4/h6-11,16-19,21,26H,12-15,20H2,1-5H3/b32-18-. The van der Waals surface area contributed by atoms with Crippen LogP contribution in [0.3, 0.4) is 0 Å². The van der Waals surface area contributed by atoms with Gasteiger partial charge in [-0.15, -0.1) is 0 Å². The Morgan fingerprint density at radius 2 is 1.84 bits per heavy atom. The minimum absolute atomic E-state index is 0.00603. The van der Waals surface area contributed by atoms with Gasteiger partial charge in [0.1, 0.15) is 5.60 Å². The first-order valence-electron chi connectivity index (χ1n) is 15.1. The molecule has 0 atom stereocenters. The highest BCUT2D eigenvalue weighted by atomic mass is 16.6. The second-order valence-corrected chi connectivity index (χ2v) is 12.5. The molecule has 1 saturated heterocycles. The Kier molecular flexibility index (Phi) is 8.01. The van der Waals surface area contributed by atoms with E-state index in [0.29, 0.717) is 42.2 Å². The number of rotatable bonds is 5. The summed E-state index contributed by atoms with van der Waals surface area (Å²) in [4.78, 5) is 47.6. The van der Waals surface area contributed by atoms with Gasteiger partial charge in [0.15, 0.2) is 0 Å². The van der Waals surface area contributed by atoms with Crippen LogP contribution in [0.5, 0.6) is 0 Å². The van der Waals surface area contributed by atoms with E-state index in [0.717, 1.165) is 34.9 Å². The van der Waals surface area contributed by atoms with Crippen molar-refractivity contribution in [3.63, 3.8) is 0 Å². The van der Waals surface area contributed by atoms with Crippen LogP contribution in [0.25, 0.3) is 28.1 Å². The molecule has 232 valence electrons. The van der Waals surface area contributed by atoms with Gasteiger partial charge >= 0.3 is 6.09 Å². The van der Waals surface area contributed by atoms with Gasteiger partial charge in [-0.25, -0.2) is 9.78 Å². The van der Waals surface area contributed by atoms with Gasteiger partial charge in [0.05, 0.1) is 28.8 Å². The molecular weight excluding hydrogens is 570 g/mol. The van der Waals surface area contributed by atoms with Gasteiger partial charge in [-0.3, -0.25) is 19.2 Å².